The molecule has 7 heteroatoms. The first-order chi connectivity index (χ1) is 15.2. The van der Waals surface area contributed by atoms with Gasteiger partial charge in [-0.2, -0.15) is 5.10 Å². The molecule has 1 aliphatic rings. The van der Waals surface area contributed by atoms with Gasteiger partial charge in [0.1, 0.15) is 0 Å². The highest BCUT2D eigenvalue weighted by Gasteiger charge is 2.13. The zero-order valence-corrected chi connectivity index (χ0v) is 17.3. The summed E-state index contributed by atoms with van der Waals surface area (Å²) in [5.41, 5.74) is 3.24. The second-order valence-corrected chi connectivity index (χ2v) is 7.50. The van der Waals surface area contributed by atoms with Crippen LogP contribution < -0.4 is 10.7 Å². The molecule has 0 bridgehead atoms. The van der Waals surface area contributed by atoms with Gasteiger partial charge in [0.2, 0.25) is 0 Å². The van der Waals surface area contributed by atoms with Crippen LogP contribution in [0.4, 0.5) is 0 Å². The van der Waals surface area contributed by atoms with Crippen LogP contribution >= 0.6 is 0 Å². The lowest BCUT2D eigenvalue weighted by Crippen LogP contribution is -2.40. The third-order valence-electron chi connectivity index (χ3n) is 5.42. The van der Waals surface area contributed by atoms with Crippen molar-refractivity contribution in [2.45, 2.75) is 6.42 Å². The Kier molecular flexibility index (Phi) is 6.86. The van der Waals surface area contributed by atoms with Crippen LogP contribution in [0.1, 0.15) is 12.0 Å². The van der Waals surface area contributed by atoms with Gasteiger partial charge in [-0.3, -0.25) is 14.5 Å². The molecule has 1 saturated heterocycles. The van der Waals surface area contributed by atoms with Crippen LogP contribution in [-0.4, -0.2) is 62.3 Å². The summed E-state index contributed by atoms with van der Waals surface area (Å²) >= 11 is 0. The van der Waals surface area contributed by atoms with Gasteiger partial charge in [-0.05, 0) is 40.6 Å². The Morgan fingerprint density at radius 3 is 2.29 bits per heavy atom. The molecule has 0 saturated carbocycles. The van der Waals surface area contributed by atoms with E-state index in [9.17, 15) is 9.59 Å². The third kappa shape index (κ3) is 5.25. The van der Waals surface area contributed by atoms with Crippen LogP contribution in [0.5, 0.6) is 0 Å². The summed E-state index contributed by atoms with van der Waals surface area (Å²) < 4.78 is 5.31. The minimum Gasteiger partial charge on any atom is -0.379 e. The van der Waals surface area contributed by atoms with Gasteiger partial charge in [-0.15, -0.1) is 0 Å². The predicted octanol–water partition coefficient (Wildman–Crippen LogP) is 2.28. The zero-order chi connectivity index (χ0) is 21.5. The summed E-state index contributed by atoms with van der Waals surface area (Å²) in [4.78, 5) is 26.4. The number of morpholine rings is 1. The Bertz CT molecular complexity index is 1050. The summed E-state index contributed by atoms with van der Waals surface area (Å²) in [5, 5.41) is 11.0. The molecule has 160 valence electrons. The lowest BCUT2D eigenvalue weighted by atomic mass is 9.97. The van der Waals surface area contributed by atoms with E-state index in [4.69, 9.17) is 4.74 Å². The molecule has 1 heterocycles. The Labute approximate surface area is 181 Å². The van der Waals surface area contributed by atoms with Crippen molar-refractivity contribution in [2.75, 3.05) is 39.4 Å². The maximum absolute atomic E-state index is 12.1. The summed E-state index contributed by atoms with van der Waals surface area (Å²) in [7, 11) is 0. The van der Waals surface area contributed by atoms with Crippen LogP contribution in [-0.2, 0) is 14.3 Å². The molecule has 31 heavy (non-hydrogen) atoms. The number of amides is 2. The monoisotopic (exact) mass is 418 g/mol. The highest BCUT2D eigenvalue weighted by Crippen LogP contribution is 2.27. The highest BCUT2D eigenvalue weighted by atomic mass is 16.5. The van der Waals surface area contributed by atoms with E-state index in [0.717, 1.165) is 66.4 Å². The average molecular weight is 418 g/mol. The largest absolute Gasteiger partial charge is 0.379 e. The van der Waals surface area contributed by atoms with Crippen molar-refractivity contribution in [1.82, 2.24) is 15.6 Å². The number of nitrogens with zero attached hydrogens (tertiary/aromatic N) is 2. The number of nitrogens with one attached hydrogen (secondary N) is 2. The van der Waals surface area contributed by atoms with Gasteiger partial charge in [-0.1, -0.05) is 48.5 Å². The Hall–Kier alpha value is -3.29. The number of carbonyl (C=O) groups is 2. The molecule has 1 fully saturated rings. The molecule has 2 amide bonds. The van der Waals surface area contributed by atoms with Crippen LogP contribution in [0.3, 0.4) is 0 Å². The third-order valence-corrected chi connectivity index (χ3v) is 5.42. The molecule has 0 unspecified atom stereocenters. The SMILES string of the molecule is O=C(NCCCN1CCOCC1)C(=O)NN=Cc1c2ccccc2cc2ccccc12. The van der Waals surface area contributed by atoms with E-state index in [-0.39, 0.29) is 0 Å². The maximum atomic E-state index is 12.1. The molecule has 7 nitrogen and oxygen atoms in total. The number of carbonyl (C=O) groups excluding carboxylic acids is 2. The lowest BCUT2D eigenvalue weighted by Gasteiger charge is -2.26. The van der Waals surface area contributed by atoms with E-state index < -0.39 is 11.8 Å². The fourth-order valence-corrected chi connectivity index (χ4v) is 3.80. The topological polar surface area (TPSA) is 83.0 Å². The molecule has 4 rings (SSSR count). The molecule has 0 aromatic heterocycles. The first-order valence-corrected chi connectivity index (χ1v) is 10.5. The quantitative estimate of drug-likeness (QED) is 0.212. The van der Waals surface area contributed by atoms with Crippen molar-refractivity contribution in [3.8, 4) is 0 Å². The molecule has 0 spiro atoms. The van der Waals surface area contributed by atoms with E-state index in [2.05, 4.69) is 26.8 Å². The van der Waals surface area contributed by atoms with Gasteiger partial charge >= 0.3 is 11.8 Å². The van der Waals surface area contributed by atoms with E-state index in [1.807, 2.05) is 48.5 Å². The summed E-state index contributed by atoms with van der Waals surface area (Å²) in [6.45, 7) is 4.63. The van der Waals surface area contributed by atoms with Crippen molar-refractivity contribution in [3.05, 3.63) is 60.2 Å². The molecular weight excluding hydrogens is 392 g/mol. The standard InChI is InChI=1S/C24H26N4O3/c29-23(25-10-5-11-28-12-14-31-15-13-28)24(30)27-26-17-22-20-8-3-1-6-18(20)16-19-7-2-4-9-21(19)22/h1-4,6-9,16-17H,5,10-15H2,(H,25,29)(H,27,30). The summed E-state index contributed by atoms with van der Waals surface area (Å²) in [6.07, 6.45) is 2.39. The zero-order valence-electron chi connectivity index (χ0n) is 17.3. The maximum Gasteiger partial charge on any atom is 0.329 e. The first kappa shape index (κ1) is 21.0. The first-order valence-electron chi connectivity index (χ1n) is 10.5. The van der Waals surface area contributed by atoms with E-state index in [1.165, 1.54) is 0 Å². The highest BCUT2D eigenvalue weighted by molar-refractivity contribution is 6.35. The van der Waals surface area contributed by atoms with E-state index in [0.29, 0.717) is 6.54 Å². The fourth-order valence-electron chi connectivity index (χ4n) is 3.80. The molecule has 0 aliphatic carbocycles. The number of hydrogen-bond acceptors (Lipinski definition) is 5. The molecule has 0 atom stereocenters. The van der Waals surface area contributed by atoms with E-state index in [1.54, 1.807) is 6.21 Å². The van der Waals surface area contributed by atoms with Crippen molar-refractivity contribution in [3.63, 3.8) is 0 Å². The molecule has 1 aliphatic heterocycles. The van der Waals surface area contributed by atoms with Crippen LogP contribution in [0.25, 0.3) is 21.5 Å². The van der Waals surface area contributed by atoms with Crippen molar-refractivity contribution in [1.29, 1.82) is 0 Å². The van der Waals surface area contributed by atoms with Gasteiger partial charge in [0.15, 0.2) is 0 Å². The number of rotatable bonds is 6. The number of hydrogen-bond donors (Lipinski definition) is 2. The summed E-state index contributed by atoms with van der Waals surface area (Å²) in [6, 6.07) is 18.2. The second kappa shape index (κ2) is 10.1. The number of fused-ring (bicyclic) bond motifs is 2. The van der Waals surface area contributed by atoms with Gasteiger partial charge < -0.3 is 10.1 Å². The molecule has 3 aromatic rings. The van der Waals surface area contributed by atoms with E-state index >= 15 is 0 Å². The van der Waals surface area contributed by atoms with Crippen LogP contribution in [0.2, 0.25) is 0 Å². The van der Waals surface area contributed by atoms with Gasteiger partial charge in [0.25, 0.3) is 0 Å². The van der Waals surface area contributed by atoms with Crippen LogP contribution in [0, 0.1) is 0 Å². The average Bonchev–Trinajstić information content (AvgIpc) is 2.81. The second-order valence-electron chi connectivity index (χ2n) is 7.50. The number of benzene rings is 3. The normalized spacial score (nSPS) is 14.8. The van der Waals surface area contributed by atoms with Crippen LogP contribution in [0.15, 0.2) is 59.7 Å². The predicted molar refractivity (Wildman–Crippen MR) is 122 cm³/mol. The minimum absolute atomic E-state index is 0.446. The van der Waals surface area contributed by atoms with Gasteiger partial charge in [0, 0.05) is 25.2 Å². The van der Waals surface area contributed by atoms with Crippen molar-refractivity contribution >= 4 is 39.6 Å². The van der Waals surface area contributed by atoms with Gasteiger partial charge in [0.05, 0.1) is 19.4 Å². The Morgan fingerprint density at radius 1 is 0.968 bits per heavy atom. The number of ether oxygens (including phenoxy) is 1. The lowest BCUT2D eigenvalue weighted by molar-refractivity contribution is -0.139. The molecular formula is C24H26N4O3. The molecule has 0 radical (unpaired) electrons. The Balaban J connectivity index is 1.35. The van der Waals surface area contributed by atoms with Crippen molar-refractivity contribution < 1.29 is 14.3 Å². The summed E-state index contributed by atoms with van der Waals surface area (Å²) in [5.74, 6) is -1.45. The molecule has 2 N–H and O–H groups in total. The fraction of sp³-hybridized carbons (Fsp3) is 0.292. The number of hydrazone groups is 1. The van der Waals surface area contributed by atoms with Gasteiger partial charge in [-0.25, -0.2) is 5.43 Å². The smallest absolute Gasteiger partial charge is 0.329 e. The minimum atomic E-state index is -0.771. The molecule has 3 aromatic carbocycles. The van der Waals surface area contributed by atoms with Crippen molar-refractivity contribution in [2.24, 2.45) is 5.10 Å². The Morgan fingerprint density at radius 2 is 1.61 bits per heavy atom.